The maximum atomic E-state index is 12.7. The Labute approximate surface area is 257 Å². The molecule has 9 heteroatoms. The molecule has 0 spiro atoms. The number of carboxylic acids is 1. The lowest BCUT2D eigenvalue weighted by molar-refractivity contribution is -0.170. The molecule has 0 atom stereocenters. The summed E-state index contributed by atoms with van der Waals surface area (Å²) in [5.41, 5.74) is -1.42. The standard InChI is InChI=1S/C32H53NO5S2Si/c1-31(2,3)41(5,6)37-23-10-8-7-9-21-36-22-13-20-33(4)26-16-18-27(19-17-26)38-32(30(34)35,28-14-11-24-39-28)29-15-12-25-40-29/h11-12,14-15,24-27H,7-10,13,16-23H2,1-6H3,(H,34,35). The van der Waals surface area contributed by atoms with Gasteiger partial charge in [-0.05, 0) is 93.0 Å². The quantitative estimate of drug-likeness (QED) is 0.133. The molecule has 1 N–H and O–H groups in total. The molecule has 3 rings (SSSR count). The van der Waals surface area contributed by atoms with Gasteiger partial charge in [-0.1, -0.05) is 45.7 Å². The van der Waals surface area contributed by atoms with Gasteiger partial charge < -0.3 is 23.9 Å². The molecule has 0 saturated heterocycles. The molecule has 6 nitrogen and oxygen atoms in total. The van der Waals surface area contributed by atoms with Gasteiger partial charge in [0.15, 0.2) is 8.32 Å². The van der Waals surface area contributed by atoms with Crippen LogP contribution in [-0.2, 0) is 24.3 Å². The van der Waals surface area contributed by atoms with E-state index in [4.69, 9.17) is 13.9 Å². The van der Waals surface area contributed by atoms with Gasteiger partial charge >= 0.3 is 5.97 Å². The summed E-state index contributed by atoms with van der Waals surface area (Å²) in [5, 5.41) is 14.5. The van der Waals surface area contributed by atoms with Crippen LogP contribution in [0.5, 0.6) is 0 Å². The third-order valence-corrected chi connectivity index (χ3v) is 15.4. The SMILES string of the molecule is CN(CCCOCCCCCCO[Si](C)(C)C(C)(C)C)C1CCC(OC(C(=O)O)(c2cccs2)c2cccs2)CC1. The minimum Gasteiger partial charge on any atom is -0.479 e. The van der Waals surface area contributed by atoms with E-state index in [2.05, 4.69) is 45.8 Å². The monoisotopic (exact) mass is 623 g/mol. The normalized spacial score (nSPS) is 18.7. The van der Waals surface area contributed by atoms with Gasteiger partial charge in [-0.15, -0.1) is 22.7 Å². The van der Waals surface area contributed by atoms with E-state index in [0.717, 1.165) is 81.1 Å². The molecule has 232 valence electrons. The van der Waals surface area contributed by atoms with Crippen LogP contribution < -0.4 is 0 Å². The van der Waals surface area contributed by atoms with Gasteiger partial charge in [-0.3, -0.25) is 0 Å². The average molecular weight is 624 g/mol. The first-order valence-corrected chi connectivity index (χ1v) is 20.1. The second-order valence-corrected chi connectivity index (χ2v) is 19.7. The summed E-state index contributed by atoms with van der Waals surface area (Å²) in [6, 6.07) is 8.07. The van der Waals surface area contributed by atoms with Crippen LogP contribution >= 0.6 is 22.7 Å². The highest BCUT2D eigenvalue weighted by Crippen LogP contribution is 2.42. The summed E-state index contributed by atoms with van der Waals surface area (Å²) in [6.45, 7) is 15.1. The van der Waals surface area contributed by atoms with Gasteiger partial charge in [0.25, 0.3) is 0 Å². The van der Waals surface area contributed by atoms with Crippen LogP contribution in [0.1, 0.15) is 88.3 Å². The van der Waals surface area contributed by atoms with Crippen molar-refractivity contribution in [2.24, 2.45) is 0 Å². The molecule has 0 amide bonds. The average Bonchev–Trinajstić information content (AvgIpc) is 3.65. The number of unbranched alkanes of at least 4 members (excludes halogenated alkanes) is 3. The first-order chi connectivity index (χ1) is 19.5. The first kappa shape index (κ1) is 34.4. The van der Waals surface area contributed by atoms with Crippen LogP contribution in [0, 0.1) is 0 Å². The molecule has 2 aromatic rings. The molecule has 2 heterocycles. The van der Waals surface area contributed by atoms with Crippen LogP contribution in [-0.4, -0.2) is 69.9 Å². The zero-order valence-electron chi connectivity index (χ0n) is 26.2. The predicted octanol–water partition coefficient (Wildman–Crippen LogP) is 8.39. The lowest BCUT2D eigenvalue weighted by Gasteiger charge is -2.38. The van der Waals surface area contributed by atoms with Crippen molar-refractivity contribution < 1.29 is 23.8 Å². The van der Waals surface area contributed by atoms with Crippen molar-refractivity contribution in [3.8, 4) is 0 Å². The molecule has 0 bridgehead atoms. The van der Waals surface area contributed by atoms with Crippen LogP contribution in [0.3, 0.4) is 0 Å². The number of nitrogens with zero attached hydrogens (tertiary/aromatic N) is 1. The number of rotatable bonds is 18. The van der Waals surface area contributed by atoms with Gasteiger partial charge in [0.05, 0.1) is 15.9 Å². The summed E-state index contributed by atoms with van der Waals surface area (Å²) in [7, 11) is 0.594. The molecule has 1 aliphatic rings. The zero-order chi connectivity index (χ0) is 29.9. The fourth-order valence-corrected chi connectivity index (χ4v) is 8.11. The van der Waals surface area contributed by atoms with Gasteiger partial charge in [-0.2, -0.15) is 0 Å². The predicted molar refractivity (Wildman–Crippen MR) is 174 cm³/mol. The van der Waals surface area contributed by atoms with Crippen molar-refractivity contribution in [2.45, 2.75) is 114 Å². The third kappa shape index (κ3) is 9.71. The topological polar surface area (TPSA) is 68.2 Å². The van der Waals surface area contributed by atoms with Gasteiger partial charge in [0.2, 0.25) is 5.60 Å². The second kappa shape index (κ2) is 16.1. The van der Waals surface area contributed by atoms with Gasteiger partial charge in [0, 0.05) is 32.4 Å². The Kier molecular flexibility index (Phi) is 13.5. The van der Waals surface area contributed by atoms with Crippen molar-refractivity contribution in [2.75, 3.05) is 33.4 Å². The Morgan fingerprint density at radius 2 is 1.49 bits per heavy atom. The Morgan fingerprint density at radius 1 is 0.927 bits per heavy atom. The van der Waals surface area contributed by atoms with Gasteiger partial charge in [-0.25, -0.2) is 4.79 Å². The minimum atomic E-state index is -1.61. The molecular formula is C32H53NO5S2Si. The summed E-state index contributed by atoms with van der Waals surface area (Å²) < 4.78 is 18.7. The molecule has 0 unspecified atom stereocenters. The lowest BCUT2D eigenvalue weighted by atomic mass is 9.90. The number of ether oxygens (including phenoxy) is 2. The van der Waals surface area contributed by atoms with E-state index in [0.29, 0.717) is 6.04 Å². The number of carbonyl (C=O) groups is 1. The highest BCUT2D eigenvalue weighted by atomic mass is 32.1. The van der Waals surface area contributed by atoms with Crippen molar-refractivity contribution >= 4 is 37.0 Å². The van der Waals surface area contributed by atoms with Crippen LogP contribution in [0.15, 0.2) is 35.0 Å². The Morgan fingerprint density at radius 3 is 2.00 bits per heavy atom. The van der Waals surface area contributed by atoms with Crippen LogP contribution in [0.2, 0.25) is 18.1 Å². The fourth-order valence-electron chi connectivity index (χ4n) is 5.21. The molecule has 41 heavy (non-hydrogen) atoms. The minimum absolute atomic E-state index is 0.0677. The largest absolute Gasteiger partial charge is 0.479 e. The number of hydrogen-bond donors (Lipinski definition) is 1. The lowest BCUT2D eigenvalue weighted by Crippen LogP contribution is -2.44. The van der Waals surface area contributed by atoms with Crippen molar-refractivity contribution in [3.05, 3.63) is 44.8 Å². The highest BCUT2D eigenvalue weighted by Gasteiger charge is 2.48. The molecule has 1 aliphatic carbocycles. The molecule has 0 radical (unpaired) electrons. The van der Waals surface area contributed by atoms with E-state index in [1.165, 1.54) is 35.5 Å². The molecule has 1 fully saturated rings. The zero-order valence-corrected chi connectivity index (χ0v) is 28.8. The number of thiophene rings is 2. The van der Waals surface area contributed by atoms with Gasteiger partial charge in [0.1, 0.15) is 0 Å². The Bertz CT molecular complexity index is 964. The molecule has 0 aliphatic heterocycles. The molecule has 1 saturated carbocycles. The first-order valence-electron chi connectivity index (χ1n) is 15.4. The summed E-state index contributed by atoms with van der Waals surface area (Å²) in [6.07, 6.45) is 9.43. The molecular weight excluding hydrogens is 571 g/mol. The second-order valence-electron chi connectivity index (χ2n) is 13.0. The van der Waals surface area contributed by atoms with Crippen molar-refractivity contribution in [3.63, 3.8) is 0 Å². The number of carboxylic acid groups (broad SMARTS) is 1. The summed E-state index contributed by atoms with van der Waals surface area (Å²) in [5.74, 6) is -0.933. The number of aliphatic carboxylic acids is 1. The molecule has 2 aromatic heterocycles. The van der Waals surface area contributed by atoms with E-state index in [1.807, 2.05) is 35.0 Å². The van der Waals surface area contributed by atoms with Crippen LogP contribution in [0.25, 0.3) is 0 Å². The van der Waals surface area contributed by atoms with Crippen LogP contribution in [0.4, 0.5) is 0 Å². The Hall–Kier alpha value is -1.07. The van der Waals surface area contributed by atoms with E-state index < -0.39 is 19.9 Å². The van der Waals surface area contributed by atoms with E-state index >= 15 is 0 Å². The maximum absolute atomic E-state index is 12.7. The highest BCUT2D eigenvalue weighted by molar-refractivity contribution is 7.12. The number of hydrogen-bond acceptors (Lipinski definition) is 7. The van der Waals surface area contributed by atoms with Crippen molar-refractivity contribution in [1.82, 2.24) is 4.90 Å². The van der Waals surface area contributed by atoms with E-state index in [1.54, 1.807) is 0 Å². The Balaban J connectivity index is 1.29. The molecule has 0 aromatic carbocycles. The summed E-state index contributed by atoms with van der Waals surface area (Å²) >= 11 is 2.90. The van der Waals surface area contributed by atoms with E-state index in [-0.39, 0.29) is 11.1 Å². The summed E-state index contributed by atoms with van der Waals surface area (Å²) in [4.78, 5) is 16.6. The fraction of sp³-hybridized carbons (Fsp3) is 0.719. The smallest absolute Gasteiger partial charge is 0.347 e. The van der Waals surface area contributed by atoms with Crippen molar-refractivity contribution in [1.29, 1.82) is 0 Å². The van der Waals surface area contributed by atoms with E-state index in [9.17, 15) is 9.90 Å². The maximum Gasteiger partial charge on any atom is 0.347 e. The third-order valence-electron chi connectivity index (χ3n) is 8.90.